The number of alkyl halides is 2. The van der Waals surface area contributed by atoms with E-state index in [2.05, 4.69) is 4.74 Å². The zero-order valence-electron chi connectivity index (χ0n) is 18.8. The highest BCUT2D eigenvalue weighted by Gasteiger charge is 2.42. The average Bonchev–Trinajstić information content (AvgIpc) is 2.68. The molecule has 0 saturated carbocycles. The number of amides is 1. The number of hydrogen-bond donors (Lipinski definition) is 1. The number of hydrogen-bond acceptors (Lipinski definition) is 5. The number of carbonyl (C=O) groups excluding carboxylic acids is 1. The first kappa shape index (κ1) is 24.3. The first-order valence-electron chi connectivity index (χ1n) is 10.8. The van der Waals surface area contributed by atoms with Gasteiger partial charge in [-0.05, 0) is 54.8 Å². The largest absolute Gasteiger partial charge is 0.435 e. The zero-order chi connectivity index (χ0) is 24.7. The average molecular weight is 493 g/mol. The van der Waals surface area contributed by atoms with Crippen molar-refractivity contribution in [3.8, 4) is 5.75 Å². The summed E-state index contributed by atoms with van der Waals surface area (Å²) in [5.41, 5.74) is 1.48. The molecule has 2 saturated heterocycles. The lowest BCUT2D eigenvalue weighted by Gasteiger charge is -2.44. The summed E-state index contributed by atoms with van der Waals surface area (Å²) in [5.74, 6) is -0.979. The topological polar surface area (TPSA) is 87.2 Å². The Labute approximate surface area is 197 Å². The molecule has 7 nitrogen and oxygen atoms in total. The van der Waals surface area contributed by atoms with Gasteiger partial charge < -0.3 is 14.7 Å². The molecule has 0 aromatic heterocycles. The monoisotopic (exact) mass is 492 g/mol. The minimum absolute atomic E-state index is 0.000500. The third-order valence-electron chi connectivity index (χ3n) is 6.08. The number of likely N-dealkylation sites (tertiary alicyclic amines) is 1. The summed E-state index contributed by atoms with van der Waals surface area (Å²) in [6, 6.07) is 14.0. The van der Waals surface area contributed by atoms with Gasteiger partial charge in [-0.25, -0.2) is 8.42 Å². The van der Waals surface area contributed by atoms with Crippen molar-refractivity contribution in [1.29, 1.82) is 0 Å². The lowest BCUT2D eigenvalue weighted by molar-refractivity contribution is -0.139. The van der Waals surface area contributed by atoms with Crippen LogP contribution in [0.25, 0.3) is 0 Å². The highest BCUT2D eigenvalue weighted by Crippen LogP contribution is 2.35. The number of nitrogens with zero attached hydrogens (tertiary/aromatic N) is 2. The first-order chi connectivity index (χ1) is 16.0. The van der Waals surface area contributed by atoms with Crippen molar-refractivity contribution < 1.29 is 31.8 Å². The SMILES string of the molecule is CC(C)(O)[C@@H](C(=O)N1CC(=C2CN(S(=O)(=O)c3ccc(OC(F)F)cc3)C2)C1)c1ccccc1. The molecule has 182 valence electrons. The van der Waals surface area contributed by atoms with Crippen LogP contribution in [0.5, 0.6) is 5.75 Å². The second-order valence-electron chi connectivity index (χ2n) is 9.02. The molecule has 2 aliphatic rings. The highest BCUT2D eigenvalue weighted by atomic mass is 32.2. The number of benzene rings is 2. The number of sulfonamides is 1. The van der Waals surface area contributed by atoms with E-state index in [9.17, 15) is 27.1 Å². The second kappa shape index (κ2) is 9.09. The molecular weight excluding hydrogens is 466 g/mol. The minimum atomic E-state index is -3.75. The molecule has 34 heavy (non-hydrogen) atoms. The van der Waals surface area contributed by atoms with Crippen molar-refractivity contribution in [2.24, 2.45) is 0 Å². The lowest BCUT2D eigenvalue weighted by Crippen LogP contribution is -2.54. The Bertz CT molecular complexity index is 1180. The Morgan fingerprint density at radius 3 is 2.06 bits per heavy atom. The van der Waals surface area contributed by atoms with E-state index in [1.165, 1.54) is 28.6 Å². The van der Waals surface area contributed by atoms with Gasteiger partial charge >= 0.3 is 6.61 Å². The van der Waals surface area contributed by atoms with Gasteiger partial charge in [0.1, 0.15) is 5.75 Å². The second-order valence-corrected chi connectivity index (χ2v) is 11.0. The van der Waals surface area contributed by atoms with E-state index >= 15 is 0 Å². The molecule has 0 radical (unpaired) electrons. The summed E-state index contributed by atoms with van der Waals surface area (Å²) in [6.07, 6.45) is 0. The maximum atomic E-state index is 13.1. The maximum Gasteiger partial charge on any atom is 0.387 e. The van der Waals surface area contributed by atoms with E-state index in [1.54, 1.807) is 18.7 Å². The Morgan fingerprint density at radius 1 is 0.971 bits per heavy atom. The van der Waals surface area contributed by atoms with Gasteiger partial charge in [0, 0.05) is 26.2 Å². The third-order valence-corrected chi connectivity index (χ3v) is 7.89. The predicted octanol–water partition coefficient (Wildman–Crippen LogP) is 2.99. The standard InChI is InChI=1S/C24H26F2N2O5S/c1-24(2,30)21(16-6-4-3-5-7-16)22(29)27-12-17(13-27)18-14-28(15-18)34(31,32)20-10-8-19(9-11-20)33-23(25)26/h3-11,21,23,30H,12-15H2,1-2H3/t21-/m1/s1. The molecular formula is C24H26F2N2O5S. The molecule has 4 rings (SSSR count). The minimum Gasteiger partial charge on any atom is -0.435 e. The summed E-state index contributed by atoms with van der Waals surface area (Å²) in [6.45, 7) is 1.51. The molecule has 2 aromatic rings. The summed E-state index contributed by atoms with van der Waals surface area (Å²) >= 11 is 0. The van der Waals surface area contributed by atoms with Crippen molar-refractivity contribution in [3.63, 3.8) is 0 Å². The van der Waals surface area contributed by atoms with Crippen LogP contribution in [0.2, 0.25) is 0 Å². The molecule has 0 bridgehead atoms. The summed E-state index contributed by atoms with van der Waals surface area (Å²) in [7, 11) is -3.75. The molecule has 0 spiro atoms. The fourth-order valence-electron chi connectivity index (χ4n) is 4.19. The van der Waals surface area contributed by atoms with Crippen LogP contribution in [-0.4, -0.2) is 67.0 Å². The third kappa shape index (κ3) is 4.84. The normalized spacial score (nSPS) is 17.9. The smallest absolute Gasteiger partial charge is 0.387 e. The molecule has 1 atom stereocenters. The molecule has 2 aliphatic heterocycles. The van der Waals surface area contributed by atoms with Crippen molar-refractivity contribution in [3.05, 3.63) is 71.3 Å². The van der Waals surface area contributed by atoms with Gasteiger partial charge in [0.25, 0.3) is 0 Å². The van der Waals surface area contributed by atoms with Gasteiger partial charge in [-0.2, -0.15) is 13.1 Å². The van der Waals surface area contributed by atoms with Crippen molar-refractivity contribution in [2.75, 3.05) is 26.2 Å². The Hall–Kier alpha value is -2.82. The summed E-state index contributed by atoms with van der Waals surface area (Å²) < 4.78 is 55.7. The van der Waals surface area contributed by atoms with Crippen LogP contribution in [0.1, 0.15) is 25.3 Å². The van der Waals surface area contributed by atoms with Crippen molar-refractivity contribution in [2.45, 2.75) is 36.9 Å². The summed E-state index contributed by atoms with van der Waals surface area (Å²) in [5, 5.41) is 10.6. The fourth-order valence-corrected chi connectivity index (χ4v) is 5.62. The summed E-state index contributed by atoms with van der Waals surface area (Å²) in [4.78, 5) is 14.8. The molecule has 2 aromatic carbocycles. The molecule has 1 amide bonds. The molecule has 2 fully saturated rings. The van der Waals surface area contributed by atoms with E-state index in [0.29, 0.717) is 13.1 Å². The van der Waals surface area contributed by atoms with Gasteiger partial charge in [0.05, 0.1) is 16.4 Å². The number of carbonyl (C=O) groups is 1. The van der Waals surface area contributed by atoms with E-state index in [1.807, 2.05) is 30.3 Å². The van der Waals surface area contributed by atoms with Crippen LogP contribution in [-0.2, 0) is 14.8 Å². The van der Waals surface area contributed by atoms with Crippen LogP contribution in [0, 0.1) is 0 Å². The zero-order valence-corrected chi connectivity index (χ0v) is 19.6. The van der Waals surface area contributed by atoms with E-state index in [-0.39, 0.29) is 29.6 Å². The quantitative estimate of drug-likeness (QED) is 0.601. The van der Waals surface area contributed by atoms with Gasteiger partial charge in [-0.3, -0.25) is 4.79 Å². The van der Waals surface area contributed by atoms with Crippen LogP contribution in [0.3, 0.4) is 0 Å². The number of ether oxygens (including phenoxy) is 1. The molecule has 0 unspecified atom stereocenters. The van der Waals surface area contributed by atoms with Gasteiger partial charge in [-0.15, -0.1) is 0 Å². The number of halogens is 2. The van der Waals surface area contributed by atoms with E-state index in [4.69, 9.17) is 0 Å². The predicted molar refractivity (Wildman–Crippen MR) is 121 cm³/mol. The Morgan fingerprint density at radius 2 is 1.53 bits per heavy atom. The van der Waals surface area contributed by atoms with Crippen LogP contribution in [0.4, 0.5) is 8.78 Å². The molecule has 2 heterocycles. The van der Waals surface area contributed by atoms with Crippen LogP contribution < -0.4 is 4.74 Å². The fraction of sp³-hybridized carbons (Fsp3) is 0.375. The van der Waals surface area contributed by atoms with Crippen LogP contribution >= 0.6 is 0 Å². The van der Waals surface area contributed by atoms with Gasteiger partial charge in [-0.1, -0.05) is 30.3 Å². The number of aliphatic hydroxyl groups is 1. The first-order valence-corrected chi connectivity index (χ1v) is 12.2. The van der Waals surface area contributed by atoms with Gasteiger partial charge in [0.15, 0.2) is 0 Å². The Kier molecular flexibility index (Phi) is 6.50. The van der Waals surface area contributed by atoms with E-state index in [0.717, 1.165) is 16.7 Å². The van der Waals surface area contributed by atoms with E-state index < -0.39 is 28.2 Å². The van der Waals surface area contributed by atoms with Gasteiger partial charge in [0.2, 0.25) is 15.9 Å². The van der Waals surface area contributed by atoms with Crippen molar-refractivity contribution in [1.82, 2.24) is 9.21 Å². The lowest BCUT2D eigenvalue weighted by atomic mass is 9.82. The van der Waals surface area contributed by atoms with Crippen LogP contribution in [0.15, 0.2) is 70.6 Å². The molecule has 10 heteroatoms. The van der Waals surface area contributed by atoms with Crippen molar-refractivity contribution >= 4 is 15.9 Å². The Balaban J connectivity index is 1.38. The number of rotatable bonds is 7. The molecule has 1 N–H and O–H groups in total. The molecule has 0 aliphatic carbocycles. The maximum absolute atomic E-state index is 13.1. The highest BCUT2D eigenvalue weighted by molar-refractivity contribution is 7.89.